The van der Waals surface area contributed by atoms with E-state index in [0.29, 0.717) is 18.7 Å². The molecular weight excluding hydrogens is 294 g/mol. The van der Waals surface area contributed by atoms with E-state index >= 15 is 0 Å². The van der Waals surface area contributed by atoms with Crippen LogP contribution in [0.3, 0.4) is 0 Å². The molecule has 7 nitrogen and oxygen atoms in total. The highest BCUT2D eigenvalue weighted by Crippen LogP contribution is 2.25. The fourth-order valence-corrected chi connectivity index (χ4v) is 3.96. The van der Waals surface area contributed by atoms with Crippen molar-refractivity contribution in [2.75, 3.05) is 25.5 Å². The van der Waals surface area contributed by atoms with Crippen molar-refractivity contribution in [2.45, 2.75) is 30.2 Å². The molecule has 8 heteroatoms. The normalized spacial score (nSPS) is 20.2. The van der Waals surface area contributed by atoms with Gasteiger partial charge >= 0.3 is 5.97 Å². The Bertz CT molecular complexity index is 613. The minimum absolute atomic E-state index is 0.0289. The third-order valence-corrected chi connectivity index (χ3v) is 5.42. The number of hydrogen-bond acceptors (Lipinski definition) is 5. The molecule has 116 valence electrons. The first kappa shape index (κ1) is 15.7. The zero-order valence-electron chi connectivity index (χ0n) is 12.1. The van der Waals surface area contributed by atoms with Crippen LogP contribution in [-0.2, 0) is 14.8 Å². The fourth-order valence-electron chi connectivity index (χ4n) is 2.36. The molecule has 0 radical (unpaired) electrons. The predicted octanol–water partition coefficient (Wildman–Crippen LogP) is 0.775. The van der Waals surface area contributed by atoms with Gasteiger partial charge in [-0.1, -0.05) is 0 Å². The third-order valence-electron chi connectivity index (χ3n) is 3.52. The van der Waals surface area contributed by atoms with Crippen LogP contribution < -0.4 is 4.90 Å². The maximum Gasteiger partial charge on any atom is 0.322 e. The molecule has 0 amide bonds. The Morgan fingerprint density at radius 1 is 1.38 bits per heavy atom. The smallest absolute Gasteiger partial charge is 0.322 e. The molecule has 2 heterocycles. The monoisotopic (exact) mass is 313 g/mol. The van der Waals surface area contributed by atoms with Crippen molar-refractivity contribution in [1.82, 2.24) is 9.29 Å². The van der Waals surface area contributed by atoms with Gasteiger partial charge < -0.3 is 10.0 Å². The average Bonchev–Trinajstić information content (AvgIpc) is 2.47. The summed E-state index contributed by atoms with van der Waals surface area (Å²) in [6, 6.07) is 2.08. The Morgan fingerprint density at radius 3 is 2.62 bits per heavy atom. The summed E-state index contributed by atoms with van der Waals surface area (Å²) < 4.78 is 26.3. The van der Waals surface area contributed by atoms with Gasteiger partial charge in [0.2, 0.25) is 10.0 Å². The zero-order valence-corrected chi connectivity index (χ0v) is 12.9. The summed E-state index contributed by atoms with van der Waals surface area (Å²) >= 11 is 0. The molecule has 0 aromatic carbocycles. The van der Waals surface area contributed by atoms with Gasteiger partial charge in [-0.05, 0) is 31.4 Å². The number of piperidine rings is 1. The molecule has 0 spiro atoms. The lowest BCUT2D eigenvalue weighted by atomic mass is 10.1. The van der Waals surface area contributed by atoms with Gasteiger partial charge in [0.25, 0.3) is 0 Å². The van der Waals surface area contributed by atoms with Gasteiger partial charge in [0.15, 0.2) is 0 Å². The summed E-state index contributed by atoms with van der Waals surface area (Å²) in [5.41, 5.74) is 0. The second-order valence-corrected chi connectivity index (χ2v) is 7.10. The average molecular weight is 313 g/mol. The van der Waals surface area contributed by atoms with Crippen molar-refractivity contribution in [1.29, 1.82) is 0 Å². The van der Waals surface area contributed by atoms with Gasteiger partial charge in [-0.3, -0.25) is 4.79 Å². The molecule has 1 aromatic heterocycles. The van der Waals surface area contributed by atoms with Crippen molar-refractivity contribution in [3.63, 3.8) is 0 Å². The lowest BCUT2D eigenvalue weighted by Crippen LogP contribution is -2.47. The molecule has 0 aliphatic carbocycles. The Kier molecular flexibility index (Phi) is 4.48. The number of sulfonamides is 1. The summed E-state index contributed by atoms with van der Waals surface area (Å²) in [7, 11) is -0.213. The van der Waals surface area contributed by atoms with Crippen LogP contribution in [0, 0.1) is 0 Å². The molecule has 21 heavy (non-hydrogen) atoms. The number of aliphatic carboxylic acids is 1. The van der Waals surface area contributed by atoms with Gasteiger partial charge in [-0.25, -0.2) is 13.4 Å². The van der Waals surface area contributed by atoms with E-state index in [-0.39, 0.29) is 11.4 Å². The highest BCUT2D eigenvalue weighted by molar-refractivity contribution is 7.89. The summed E-state index contributed by atoms with van der Waals surface area (Å²) in [4.78, 5) is 17.1. The first-order valence-corrected chi connectivity index (χ1v) is 8.16. The van der Waals surface area contributed by atoms with E-state index in [2.05, 4.69) is 4.98 Å². The van der Waals surface area contributed by atoms with E-state index in [9.17, 15) is 18.3 Å². The highest BCUT2D eigenvalue weighted by atomic mass is 32.2. The van der Waals surface area contributed by atoms with Crippen molar-refractivity contribution >= 4 is 21.8 Å². The van der Waals surface area contributed by atoms with Crippen LogP contribution in [0.25, 0.3) is 0 Å². The topological polar surface area (TPSA) is 90.8 Å². The van der Waals surface area contributed by atoms with Crippen LogP contribution in [0.1, 0.15) is 19.3 Å². The molecule has 1 aromatic rings. The third kappa shape index (κ3) is 3.16. The van der Waals surface area contributed by atoms with Crippen molar-refractivity contribution in [2.24, 2.45) is 0 Å². The van der Waals surface area contributed by atoms with Crippen LogP contribution in [-0.4, -0.2) is 55.5 Å². The number of hydrogen-bond donors (Lipinski definition) is 1. The molecule has 1 atom stereocenters. The zero-order chi connectivity index (χ0) is 15.6. The molecule has 1 fully saturated rings. The van der Waals surface area contributed by atoms with E-state index in [1.54, 1.807) is 11.0 Å². The molecule has 1 saturated heterocycles. The standard InChI is InChI=1S/C13H19N3O4S/c1-15(2)12-7-6-10(9-14-12)21(19,20)16-8-4-3-5-11(16)13(17)18/h6-7,9,11H,3-5,8H2,1-2H3,(H,17,18)/t11-/m1/s1. The number of rotatable bonds is 4. The van der Waals surface area contributed by atoms with Crippen molar-refractivity contribution in [3.05, 3.63) is 18.3 Å². The lowest BCUT2D eigenvalue weighted by Gasteiger charge is -2.31. The minimum atomic E-state index is -3.83. The van der Waals surface area contributed by atoms with Gasteiger partial charge in [0, 0.05) is 26.8 Å². The molecular formula is C13H19N3O4S. The number of carboxylic acid groups (broad SMARTS) is 1. The van der Waals surface area contributed by atoms with Crippen LogP contribution in [0.15, 0.2) is 23.2 Å². The number of carboxylic acids is 1. The molecule has 1 N–H and O–H groups in total. The van der Waals surface area contributed by atoms with Crippen molar-refractivity contribution < 1.29 is 18.3 Å². The first-order chi connectivity index (χ1) is 9.84. The molecule has 1 aliphatic heterocycles. The van der Waals surface area contributed by atoms with E-state index in [4.69, 9.17) is 0 Å². The first-order valence-electron chi connectivity index (χ1n) is 6.72. The van der Waals surface area contributed by atoms with Crippen molar-refractivity contribution in [3.8, 4) is 0 Å². The summed E-state index contributed by atoms with van der Waals surface area (Å²) in [6.45, 7) is 0.231. The number of anilines is 1. The predicted molar refractivity (Wildman–Crippen MR) is 77.7 cm³/mol. The van der Waals surface area contributed by atoms with Gasteiger partial charge in [-0.15, -0.1) is 0 Å². The van der Waals surface area contributed by atoms with Crippen LogP contribution in [0.2, 0.25) is 0 Å². The molecule has 2 rings (SSSR count). The van der Waals surface area contributed by atoms with Crippen LogP contribution in [0.5, 0.6) is 0 Å². The summed E-state index contributed by atoms with van der Waals surface area (Å²) in [5, 5.41) is 9.21. The lowest BCUT2D eigenvalue weighted by molar-refractivity contribution is -0.142. The molecule has 0 unspecified atom stereocenters. The van der Waals surface area contributed by atoms with E-state index < -0.39 is 22.0 Å². The Morgan fingerprint density at radius 2 is 2.10 bits per heavy atom. The minimum Gasteiger partial charge on any atom is -0.480 e. The largest absolute Gasteiger partial charge is 0.480 e. The number of carbonyl (C=O) groups is 1. The van der Waals surface area contributed by atoms with Gasteiger partial charge in [0.1, 0.15) is 16.8 Å². The van der Waals surface area contributed by atoms with E-state index in [0.717, 1.165) is 10.7 Å². The van der Waals surface area contributed by atoms with Gasteiger partial charge in [-0.2, -0.15) is 4.31 Å². The summed E-state index contributed by atoms with van der Waals surface area (Å²) in [5.74, 6) is -0.460. The molecule has 0 bridgehead atoms. The Balaban J connectivity index is 2.33. The molecule has 1 aliphatic rings. The number of aromatic nitrogens is 1. The fraction of sp³-hybridized carbons (Fsp3) is 0.538. The maximum absolute atomic E-state index is 12.6. The highest BCUT2D eigenvalue weighted by Gasteiger charge is 2.37. The maximum atomic E-state index is 12.6. The number of nitrogens with zero attached hydrogens (tertiary/aromatic N) is 3. The van der Waals surface area contributed by atoms with E-state index in [1.165, 1.54) is 12.3 Å². The summed E-state index contributed by atoms with van der Waals surface area (Å²) in [6.07, 6.45) is 3.02. The second kappa shape index (κ2) is 5.98. The van der Waals surface area contributed by atoms with Gasteiger partial charge in [0.05, 0.1) is 0 Å². The Labute approximate surface area is 124 Å². The Hall–Kier alpha value is -1.67. The second-order valence-electron chi connectivity index (χ2n) is 5.21. The van der Waals surface area contributed by atoms with E-state index in [1.807, 2.05) is 14.1 Å². The SMILES string of the molecule is CN(C)c1ccc(S(=O)(=O)N2CCCC[C@@H]2C(=O)O)cn1. The van der Waals surface area contributed by atoms with Crippen LogP contribution >= 0.6 is 0 Å². The van der Waals surface area contributed by atoms with Crippen LogP contribution in [0.4, 0.5) is 5.82 Å². The number of pyridine rings is 1. The quantitative estimate of drug-likeness (QED) is 0.883. The molecule has 0 saturated carbocycles.